The molecule has 2 heterocycles. The van der Waals surface area contributed by atoms with Gasteiger partial charge in [-0.2, -0.15) is 5.10 Å². The van der Waals surface area contributed by atoms with Crippen molar-refractivity contribution in [1.82, 2.24) is 9.78 Å². The zero-order valence-corrected chi connectivity index (χ0v) is 11.3. The van der Waals surface area contributed by atoms with Crippen molar-refractivity contribution >= 4 is 11.6 Å². The highest BCUT2D eigenvalue weighted by Crippen LogP contribution is 2.28. The molecule has 0 aromatic carbocycles. The molecule has 1 aliphatic heterocycles. The van der Waals surface area contributed by atoms with E-state index in [9.17, 15) is 0 Å². The minimum atomic E-state index is -0.194. The molecule has 1 saturated heterocycles. The summed E-state index contributed by atoms with van der Waals surface area (Å²) >= 11 is 6.34. The van der Waals surface area contributed by atoms with E-state index in [1.807, 2.05) is 11.7 Å². The van der Waals surface area contributed by atoms with Crippen molar-refractivity contribution in [3.63, 3.8) is 0 Å². The highest BCUT2D eigenvalue weighted by atomic mass is 35.5. The molecule has 0 spiro atoms. The molecule has 1 aliphatic rings. The minimum Gasteiger partial charge on any atom is -0.381 e. The fourth-order valence-corrected chi connectivity index (χ4v) is 2.66. The average Bonchev–Trinajstić information content (AvgIpc) is 2.57. The lowest BCUT2D eigenvalue weighted by molar-refractivity contribution is 0.0527. The Morgan fingerprint density at radius 3 is 2.65 bits per heavy atom. The molecule has 0 bridgehead atoms. The second-order valence-electron chi connectivity index (χ2n) is 4.84. The molecule has 2 rings (SSSR count). The molecule has 1 aromatic rings. The van der Waals surface area contributed by atoms with E-state index in [1.165, 1.54) is 0 Å². The van der Waals surface area contributed by atoms with Gasteiger partial charge < -0.3 is 10.5 Å². The van der Waals surface area contributed by atoms with Gasteiger partial charge in [0.2, 0.25) is 0 Å². The van der Waals surface area contributed by atoms with Crippen LogP contribution in [0.3, 0.4) is 0 Å². The second-order valence-corrected chi connectivity index (χ2v) is 5.21. The van der Waals surface area contributed by atoms with Gasteiger partial charge >= 0.3 is 0 Å². The van der Waals surface area contributed by atoms with Gasteiger partial charge in [-0.1, -0.05) is 18.5 Å². The number of nitrogens with zero attached hydrogens (tertiary/aromatic N) is 2. The predicted molar refractivity (Wildman–Crippen MR) is 68.3 cm³/mol. The first kappa shape index (κ1) is 12.9. The summed E-state index contributed by atoms with van der Waals surface area (Å²) in [6.07, 6.45) is 3.40. The number of hydrogen-bond acceptors (Lipinski definition) is 3. The van der Waals surface area contributed by atoms with Crippen molar-refractivity contribution in [2.24, 2.45) is 12.8 Å². The van der Waals surface area contributed by atoms with Crippen LogP contribution in [-0.2, 0) is 24.6 Å². The van der Waals surface area contributed by atoms with Crippen LogP contribution in [0.2, 0.25) is 5.02 Å². The Hall–Kier alpha value is -0.580. The maximum absolute atomic E-state index is 6.40. The fourth-order valence-electron chi connectivity index (χ4n) is 2.30. The van der Waals surface area contributed by atoms with Crippen LogP contribution in [0.5, 0.6) is 0 Å². The molecule has 0 radical (unpaired) electrons. The molecule has 0 unspecified atom stereocenters. The highest BCUT2D eigenvalue weighted by molar-refractivity contribution is 6.31. The van der Waals surface area contributed by atoms with Crippen molar-refractivity contribution in [1.29, 1.82) is 0 Å². The Balaban J connectivity index is 2.20. The molecule has 1 aromatic heterocycles. The van der Waals surface area contributed by atoms with Crippen molar-refractivity contribution in [2.45, 2.75) is 38.1 Å². The van der Waals surface area contributed by atoms with E-state index in [1.54, 1.807) is 0 Å². The van der Waals surface area contributed by atoms with Gasteiger partial charge in [-0.25, -0.2) is 0 Å². The van der Waals surface area contributed by atoms with E-state index in [4.69, 9.17) is 22.1 Å². The molecular formula is C12H20ClN3O. The third-order valence-electron chi connectivity index (χ3n) is 3.51. The van der Waals surface area contributed by atoms with Gasteiger partial charge in [0.05, 0.1) is 16.4 Å². The van der Waals surface area contributed by atoms with Crippen LogP contribution in [0.15, 0.2) is 0 Å². The van der Waals surface area contributed by atoms with E-state index in [2.05, 4.69) is 12.0 Å². The first-order valence-electron chi connectivity index (χ1n) is 6.12. The van der Waals surface area contributed by atoms with Gasteiger partial charge in [0.15, 0.2) is 0 Å². The Labute approximate surface area is 107 Å². The van der Waals surface area contributed by atoms with Crippen LogP contribution in [0, 0.1) is 0 Å². The van der Waals surface area contributed by atoms with E-state index >= 15 is 0 Å². The van der Waals surface area contributed by atoms with Crippen molar-refractivity contribution in [3.05, 3.63) is 16.4 Å². The number of hydrogen-bond donors (Lipinski definition) is 1. The molecule has 5 heteroatoms. The Morgan fingerprint density at radius 2 is 2.12 bits per heavy atom. The molecule has 0 amide bonds. The number of rotatable bonds is 3. The molecule has 4 nitrogen and oxygen atoms in total. The quantitative estimate of drug-likeness (QED) is 0.897. The number of aryl methyl sites for hydroxylation is 2. The molecule has 1 fully saturated rings. The number of nitrogens with two attached hydrogens (primary N) is 1. The van der Waals surface area contributed by atoms with E-state index in [-0.39, 0.29) is 5.54 Å². The summed E-state index contributed by atoms with van der Waals surface area (Å²) in [5.41, 5.74) is 8.21. The normalized spacial score (nSPS) is 19.5. The largest absolute Gasteiger partial charge is 0.381 e. The molecule has 0 atom stereocenters. The maximum Gasteiger partial charge on any atom is 0.0850 e. The topological polar surface area (TPSA) is 53.1 Å². The SMILES string of the molecule is CCc1nn(C)c(CC2(N)CCOCC2)c1Cl. The number of halogens is 1. The van der Waals surface area contributed by atoms with Crippen LogP contribution in [0.25, 0.3) is 0 Å². The van der Waals surface area contributed by atoms with Gasteiger partial charge in [-0.3, -0.25) is 4.68 Å². The third-order valence-corrected chi connectivity index (χ3v) is 3.95. The fraction of sp³-hybridized carbons (Fsp3) is 0.750. The van der Waals surface area contributed by atoms with E-state index in [0.717, 1.165) is 55.3 Å². The van der Waals surface area contributed by atoms with Crippen LogP contribution in [0.4, 0.5) is 0 Å². The summed E-state index contributed by atoms with van der Waals surface area (Å²) in [5, 5.41) is 5.21. The van der Waals surface area contributed by atoms with Crippen LogP contribution in [0.1, 0.15) is 31.2 Å². The minimum absolute atomic E-state index is 0.194. The van der Waals surface area contributed by atoms with Crippen LogP contribution < -0.4 is 5.73 Å². The molecule has 0 aliphatic carbocycles. The van der Waals surface area contributed by atoms with Crippen LogP contribution in [-0.4, -0.2) is 28.5 Å². The van der Waals surface area contributed by atoms with Gasteiger partial charge in [0, 0.05) is 32.2 Å². The monoisotopic (exact) mass is 257 g/mol. The molecule has 96 valence electrons. The Bertz CT molecular complexity index is 397. The number of ether oxygens (including phenoxy) is 1. The Morgan fingerprint density at radius 1 is 1.47 bits per heavy atom. The first-order valence-corrected chi connectivity index (χ1v) is 6.50. The third kappa shape index (κ3) is 2.64. The first-order chi connectivity index (χ1) is 8.06. The lowest BCUT2D eigenvalue weighted by Crippen LogP contribution is -2.47. The molecular weight excluding hydrogens is 238 g/mol. The molecule has 0 saturated carbocycles. The smallest absolute Gasteiger partial charge is 0.0850 e. The number of aromatic nitrogens is 2. The zero-order valence-electron chi connectivity index (χ0n) is 10.5. The van der Waals surface area contributed by atoms with Crippen molar-refractivity contribution < 1.29 is 4.74 Å². The molecule has 2 N–H and O–H groups in total. The summed E-state index contributed by atoms with van der Waals surface area (Å²) in [6, 6.07) is 0. The standard InChI is InChI=1S/C12H20ClN3O/c1-3-9-11(13)10(16(2)15-9)8-12(14)4-6-17-7-5-12/h3-8,14H2,1-2H3. The highest BCUT2D eigenvalue weighted by Gasteiger charge is 2.30. The summed E-state index contributed by atoms with van der Waals surface area (Å²) in [4.78, 5) is 0. The summed E-state index contributed by atoms with van der Waals surface area (Å²) in [5.74, 6) is 0. The molecule has 17 heavy (non-hydrogen) atoms. The van der Waals surface area contributed by atoms with E-state index in [0.29, 0.717) is 0 Å². The Kier molecular flexibility index (Phi) is 3.76. The maximum atomic E-state index is 6.40. The van der Waals surface area contributed by atoms with E-state index < -0.39 is 0 Å². The van der Waals surface area contributed by atoms with Crippen LogP contribution >= 0.6 is 11.6 Å². The van der Waals surface area contributed by atoms with Gasteiger partial charge in [0.25, 0.3) is 0 Å². The van der Waals surface area contributed by atoms with Gasteiger partial charge in [-0.05, 0) is 19.3 Å². The lowest BCUT2D eigenvalue weighted by atomic mass is 9.86. The predicted octanol–water partition coefficient (Wildman–Crippen LogP) is 1.69. The van der Waals surface area contributed by atoms with Crippen molar-refractivity contribution in [3.8, 4) is 0 Å². The van der Waals surface area contributed by atoms with Gasteiger partial charge in [-0.15, -0.1) is 0 Å². The average molecular weight is 258 g/mol. The summed E-state index contributed by atoms with van der Waals surface area (Å²) in [7, 11) is 1.93. The zero-order chi connectivity index (χ0) is 12.5. The van der Waals surface area contributed by atoms with Gasteiger partial charge in [0.1, 0.15) is 0 Å². The second kappa shape index (κ2) is 4.96. The van der Waals surface area contributed by atoms with Crippen molar-refractivity contribution in [2.75, 3.05) is 13.2 Å². The summed E-state index contributed by atoms with van der Waals surface area (Å²) < 4.78 is 7.22. The lowest BCUT2D eigenvalue weighted by Gasteiger charge is -2.33. The summed E-state index contributed by atoms with van der Waals surface area (Å²) in [6.45, 7) is 3.55.